The number of nitrogens with zero attached hydrogens (tertiary/aromatic N) is 4. The van der Waals surface area contributed by atoms with E-state index in [1.807, 2.05) is 0 Å². The van der Waals surface area contributed by atoms with Crippen LogP contribution in [0.1, 0.15) is 50.2 Å². The van der Waals surface area contributed by atoms with Gasteiger partial charge >= 0.3 is 6.18 Å². The fraction of sp³-hybridized carbons (Fsp3) is 0.486. The topological polar surface area (TPSA) is 138 Å². The quantitative estimate of drug-likeness (QED) is 0.215. The van der Waals surface area contributed by atoms with Crippen LogP contribution in [-0.2, 0) is 22.2 Å². The van der Waals surface area contributed by atoms with E-state index in [1.54, 1.807) is 28.0 Å². The predicted molar refractivity (Wildman–Crippen MR) is 182 cm³/mol. The third kappa shape index (κ3) is 8.49. The molecule has 1 unspecified atom stereocenters. The number of nitrogens with one attached hydrogen (secondary N) is 2. The number of carbonyl (C=O) groups is 2. The molecule has 2 aromatic carbocycles. The number of halogens is 3. The van der Waals surface area contributed by atoms with Crippen molar-refractivity contribution in [2.45, 2.75) is 57.7 Å². The minimum Gasteiger partial charge on any atom is -0.497 e. The van der Waals surface area contributed by atoms with E-state index < -0.39 is 29.1 Å². The van der Waals surface area contributed by atoms with Crippen molar-refractivity contribution in [2.75, 3.05) is 63.3 Å². The second-order valence-corrected chi connectivity index (χ2v) is 12.5. The number of fused-ring (bicyclic) bond motifs is 1. The zero-order valence-corrected chi connectivity index (χ0v) is 28.4. The van der Waals surface area contributed by atoms with Crippen LogP contribution in [0.15, 0.2) is 41.2 Å². The highest BCUT2D eigenvalue weighted by atomic mass is 19.4. The lowest BCUT2D eigenvalue weighted by Crippen LogP contribution is -2.39. The minimum atomic E-state index is -4.82. The van der Waals surface area contributed by atoms with E-state index >= 15 is 0 Å². The summed E-state index contributed by atoms with van der Waals surface area (Å²) in [5, 5.41) is 20.3. The summed E-state index contributed by atoms with van der Waals surface area (Å²) in [5.41, 5.74) is -0.570. The lowest BCUT2D eigenvalue weighted by atomic mass is 10.0. The normalized spacial score (nSPS) is 15.6. The molecule has 1 saturated heterocycles. The molecule has 0 aliphatic carbocycles. The lowest BCUT2D eigenvalue weighted by molar-refractivity contribution is -0.137. The standard InChI is InChI=1S/C35H43F3N6O6/c1-22(45)39-12-6-4-5-7-13-40-31(47)21-43-15-11-28-32(23-16-26(49-2)19-27(17-23)50-3)41-44(34(48)33(28)43)30-18-24(42-14-10-25(46)20-42)8-9-29(30)35(36,37)38/h8-9,16-19,25,46H,4-7,10-15,20-21H2,1-3H3,(H,39,45)(H,40,47). The molecule has 2 aliphatic heterocycles. The average molecular weight is 701 g/mol. The molecule has 2 amide bonds. The second-order valence-electron chi connectivity index (χ2n) is 12.5. The molecule has 1 aromatic heterocycles. The Balaban J connectivity index is 1.51. The third-order valence-electron chi connectivity index (χ3n) is 8.92. The Kier molecular flexibility index (Phi) is 11.6. The van der Waals surface area contributed by atoms with Crippen molar-refractivity contribution in [1.29, 1.82) is 0 Å². The molecule has 0 radical (unpaired) electrons. The molecule has 1 atom stereocenters. The van der Waals surface area contributed by atoms with E-state index in [1.165, 1.54) is 33.3 Å². The molecule has 50 heavy (non-hydrogen) atoms. The van der Waals surface area contributed by atoms with Gasteiger partial charge in [-0.2, -0.15) is 23.0 Å². The Morgan fingerprint density at radius 1 is 0.980 bits per heavy atom. The highest BCUT2D eigenvalue weighted by Crippen LogP contribution is 2.39. The van der Waals surface area contributed by atoms with E-state index in [0.29, 0.717) is 60.8 Å². The smallest absolute Gasteiger partial charge is 0.418 e. The van der Waals surface area contributed by atoms with Gasteiger partial charge in [0.05, 0.1) is 43.8 Å². The van der Waals surface area contributed by atoms with Gasteiger partial charge < -0.3 is 35.0 Å². The number of aliphatic hydroxyl groups is 1. The van der Waals surface area contributed by atoms with Gasteiger partial charge in [-0.25, -0.2) is 0 Å². The molecule has 1 fully saturated rings. The van der Waals surface area contributed by atoms with E-state index in [-0.39, 0.29) is 42.8 Å². The summed E-state index contributed by atoms with van der Waals surface area (Å²) in [4.78, 5) is 41.7. The van der Waals surface area contributed by atoms with Crippen molar-refractivity contribution >= 4 is 23.2 Å². The van der Waals surface area contributed by atoms with Crippen LogP contribution in [0.25, 0.3) is 16.9 Å². The fourth-order valence-corrected chi connectivity index (χ4v) is 6.40. The van der Waals surface area contributed by atoms with Crippen molar-refractivity contribution in [1.82, 2.24) is 20.4 Å². The van der Waals surface area contributed by atoms with Gasteiger partial charge in [0.15, 0.2) is 0 Å². The average Bonchev–Trinajstić information content (AvgIpc) is 3.71. The van der Waals surface area contributed by atoms with Crippen molar-refractivity contribution in [3.8, 4) is 28.4 Å². The molecular formula is C35H43F3N6O6. The van der Waals surface area contributed by atoms with E-state index in [9.17, 15) is 32.7 Å². The molecule has 2 aliphatic rings. The van der Waals surface area contributed by atoms with Crippen LogP contribution in [0.2, 0.25) is 0 Å². The zero-order chi connectivity index (χ0) is 36.0. The van der Waals surface area contributed by atoms with Crippen LogP contribution < -0.4 is 35.5 Å². The number of aromatic nitrogens is 2. The highest BCUT2D eigenvalue weighted by molar-refractivity contribution is 5.84. The number of amides is 2. The van der Waals surface area contributed by atoms with E-state index in [2.05, 4.69) is 15.7 Å². The first-order valence-electron chi connectivity index (χ1n) is 16.7. The molecule has 0 spiro atoms. The Morgan fingerprint density at radius 3 is 2.26 bits per heavy atom. The first-order chi connectivity index (χ1) is 23.9. The maximum Gasteiger partial charge on any atom is 0.418 e. The first kappa shape index (κ1) is 36.5. The molecule has 3 aromatic rings. The molecule has 3 N–H and O–H groups in total. The molecule has 3 heterocycles. The number of hydrogen-bond acceptors (Lipinski definition) is 9. The van der Waals surface area contributed by atoms with Crippen LogP contribution in [0.4, 0.5) is 24.5 Å². The summed E-state index contributed by atoms with van der Waals surface area (Å²) in [6.07, 6.45) is -1.35. The van der Waals surface area contributed by atoms with Gasteiger partial charge in [0.25, 0.3) is 5.56 Å². The zero-order valence-electron chi connectivity index (χ0n) is 28.4. The fourth-order valence-electron chi connectivity index (χ4n) is 6.40. The minimum absolute atomic E-state index is 0.0734. The van der Waals surface area contributed by atoms with Crippen LogP contribution in [0.3, 0.4) is 0 Å². The Hall–Kier alpha value is -4.79. The van der Waals surface area contributed by atoms with E-state index in [0.717, 1.165) is 36.4 Å². The number of ether oxygens (including phenoxy) is 2. The number of alkyl halides is 3. The van der Waals surface area contributed by atoms with Gasteiger partial charge in [0, 0.05) is 62.5 Å². The second kappa shape index (κ2) is 15.8. The number of methoxy groups -OCH3 is 2. The molecule has 5 rings (SSSR count). The largest absolute Gasteiger partial charge is 0.497 e. The van der Waals surface area contributed by atoms with Crippen molar-refractivity contribution in [2.24, 2.45) is 0 Å². The molecule has 0 saturated carbocycles. The predicted octanol–water partition coefficient (Wildman–Crippen LogP) is 3.68. The van der Waals surface area contributed by atoms with Crippen molar-refractivity contribution < 1.29 is 37.3 Å². The van der Waals surface area contributed by atoms with Gasteiger partial charge in [-0.05, 0) is 56.0 Å². The highest BCUT2D eigenvalue weighted by Gasteiger charge is 2.37. The summed E-state index contributed by atoms with van der Waals surface area (Å²) in [7, 11) is 2.94. The van der Waals surface area contributed by atoms with Gasteiger partial charge in [-0.1, -0.05) is 12.8 Å². The Labute approximate surface area is 288 Å². The number of aliphatic hydroxyl groups excluding tert-OH is 1. The lowest BCUT2D eigenvalue weighted by Gasteiger charge is -2.23. The third-order valence-corrected chi connectivity index (χ3v) is 8.92. The summed E-state index contributed by atoms with van der Waals surface area (Å²) < 4.78 is 55.3. The summed E-state index contributed by atoms with van der Waals surface area (Å²) in [5.74, 6) is 0.440. The molecule has 0 bridgehead atoms. The summed E-state index contributed by atoms with van der Waals surface area (Å²) >= 11 is 0. The van der Waals surface area contributed by atoms with E-state index in [4.69, 9.17) is 9.47 Å². The first-order valence-corrected chi connectivity index (χ1v) is 16.7. The number of unbranched alkanes of at least 4 members (excludes halogenated alkanes) is 3. The van der Waals surface area contributed by atoms with Gasteiger partial charge in [0.2, 0.25) is 11.8 Å². The number of anilines is 2. The maximum absolute atomic E-state index is 14.5. The molecule has 270 valence electrons. The molecule has 15 heteroatoms. The SMILES string of the molecule is COc1cc(OC)cc(-c2nn(-c3cc(N4CCC(O)C4)ccc3C(F)(F)F)c(=O)c3c2CCN3CC(=O)NCCCCCCNC(C)=O)c1. The number of rotatable bonds is 14. The molecule has 12 nitrogen and oxygen atoms in total. The van der Waals surface area contributed by atoms with Crippen LogP contribution in [-0.4, -0.2) is 86.3 Å². The van der Waals surface area contributed by atoms with Gasteiger partial charge in [-0.3, -0.25) is 14.4 Å². The van der Waals surface area contributed by atoms with Crippen molar-refractivity contribution in [3.63, 3.8) is 0 Å². The summed E-state index contributed by atoms with van der Waals surface area (Å²) in [6, 6.07) is 8.51. The van der Waals surface area contributed by atoms with Gasteiger partial charge in [0.1, 0.15) is 17.2 Å². The number of β-amino-alcohol motifs (C(OH)–C–C–N with tert-alkyl or cyclic N) is 1. The van der Waals surface area contributed by atoms with Crippen LogP contribution >= 0.6 is 0 Å². The Bertz CT molecular complexity index is 1740. The maximum atomic E-state index is 14.5. The number of hydrogen-bond donors (Lipinski definition) is 3. The molecular weight excluding hydrogens is 657 g/mol. The van der Waals surface area contributed by atoms with Gasteiger partial charge in [-0.15, -0.1) is 0 Å². The van der Waals surface area contributed by atoms with Crippen LogP contribution in [0, 0.1) is 0 Å². The number of benzene rings is 2. The summed E-state index contributed by atoms with van der Waals surface area (Å²) in [6.45, 7) is 3.27. The van der Waals surface area contributed by atoms with Crippen LogP contribution in [0.5, 0.6) is 11.5 Å². The van der Waals surface area contributed by atoms with Crippen molar-refractivity contribution in [3.05, 3.63) is 57.9 Å². The Morgan fingerprint density at radius 2 is 1.66 bits per heavy atom. The number of carbonyl (C=O) groups excluding carboxylic acids is 2. The monoisotopic (exact) mass is 700 g/mol.